The van der Waals surface area contributed by atoms with E-state index in [-0.39, 0.29) is 12.2 Å². The highest BCUT2D eigenvalue weighted by Crippen LogP contribution is 2.09. The number of morpholine rings is 1. The Morgan fingerprint density at radius 3 is 2.30 bits per heavy atom. The van der Waals surface area contributed by atoms with Crippen molar-refractivity contribution in [1.82, 2.24) is 5.01 Å². The van der Waals surface area contributed by atoms with Crippen LogP contribution in [-0.2, 0) is 4.74 Å². The van der Waals surface area contributed by atoms with E-state index in [9.17, 15) is 4.91 Å². The summed E-state index contributed by atoms with van der Waals surface area (Å²) in [5.74, 6) is 0. The second-order valence-corrected chi connectivity index (χ2v) is 2.71. The van der Waals surface area contributed by atoms with Crippen molar-refractivity contribution in [3.05, 3.63) is 4.91 Å². The number of hydrogen-bond acceptors (Lipinski definition) is 3. The average molecular weight is 144 g/mol. The Balaban J connectivity index is 2.42. The smallest absolute Gasteiger partial charge is 0.0744 e. The Kier molecular flexibility index (Phi) is 2.21. The number of rotatable bonds is 1. The Hall–Kier alpha value is -0.640. The highest BCUT2D eigenvalue weighted by molar-refractivity contribution is 4.69. The summed E-state index contributed by atoms with van der Waals surface area (Å²) < 4.78 is 5.38. The standard InChI is InChI=1S/C6H12N2O2/c1-5-3-8(7-9)4-6(2)10-5/h5-6H,3-4H2,1-2H3/t5-,6-/m0/s1. The van der Waals surface area contributed by atoms with Crippen LogP contribution in [0.2, 0.25) is 0 Å². The predicted molar refractivity (Wildman–Crippen MR) is 37.4 cm³/mol. The Morgan fingerprint density at radius 2 is 1.90 bits per heavy atom. The summed E-state index contributed by atoms with van der Waals surface area (Å²) in [4.78, 5) is 10.1. The van der Waals surface area contributed by atoms with Gasteiger partial charge in [-0.1, -0.05) is 0 Å². The number of ether oxygens (including phenoxy) is 1. The van der Waals surface area contributed by atoms with Crippen LogP contribution in [0.5, 0.6) is 0 Å². The van der Waals surface area contributed by atoms with Gasteiger partial charge in [-0.05, 0) is 13.8 Å². The zero-order valence-corrected chi connectivity index (χ0v) is 6.28. The van der Waals surface area contributed by atoms with Crippen LogP contribution < -0.4 is 0 Å². The lowest BCUT2D eigenvalue weighted by molar-refractivity contribution is -0.0680. The fraction of sp³-hybridized carbons (Fsp3) is 1.00. The van der Waals surface area contributed by atoms with Crippen molar-refractivity contribution in [2.24, 2.45) is 5.29 Å². The van der Waals surface area contributed by atoms with Gasteiger partial charge in [0, 0.05) is 0 Å². The van der Waals surface area contributed by atoms with Crippen LogP contribution in [0, 0.1) is 4.91 Å². The molecule has 0 spiro atoms. The third kappa shape index (κ3) is 1.67. The van der Waals surface area contributed by atoms with Gasteiger partial charge < -0.3 is 4.74 Å². The predicted octanol–water partition coefficient (Wildman–Crippen LogP) is 0.777. The topological polar surface area (TPSA) is 41.9 Å². The van der Waals surface area contributed by atoms with Crippen LogP contribution in [0.25, 0.3) is 0 Å². The molecule has 10 heavy (non-hydrogen) atoms. The number of hydrogen-bond donors (Lipinski definition) is 0. The lowest BCUT2D eigenvalue weighted by Gasteiger charge is -2.30. The molecule has 1 aliphatic rings. The molecular formula is C6H12N2O2. The van der Waals surface area contributed by atoms with E-state index < -0.39 is 0 Å². The van der Waals surface area contributed by atoms with Gasteiger partial charge in [-0.25, -0.2) is 0 Å². The van der Waals surface area contributed by atoms with E-state index in [1.807, 2.05) is 13.8 Å². The van der Waals surface area contributed by atoms with E-state index in [4.69, 9.17) is 4.74 Å². The molecule has 1 heterocycles. The van der Waals surface area contributed by atoms with Gasteiger partial charge >= 0.3 is 0 Å². The van der Waals surface area contributed by atoms with E-state index in [0.29, 0.717) is 13.1 Å². The minimum Gasteiger partial charge on any atom is -0.372 e. The summed E-state index contributed by atoms with van der Waals surface area (Å²) in [5.41, 5.74) is 0. The van der Waals surface area contributed by atoms with E-state index in [1.165, 1.54) is 5.01 Å². The van der Waals surface area contributed by atoms with Gasteiger partial charge in [-0.2, -0.15) is 0 Å². The molecule has 58 valence electrons. The second kappa shape index (κ2) is 2.96. The van der Waals surface area contributed by atoms with Crippen molar-refractivity contribution in [2.45, 2.75) is 26.1 Å². The highest BCUT2D eigenvalue weighted by Gasteiger charge is 2.21. The zero-order chi connectivity index (χ0) is 7.56. The van der Waals surface area contributed by atoms with Crippen molar-refractivity contribution in [3.63, 3.8) is 0 Å². The molecule has 1 rings (SSSR count). The monoisotopic (exact) mass is 144 g/mol. The molecule has 0 N–H and O–H groups in total. The molecule has 0 aromatic heterocycles. The van der Waals surface area contributed by atoms with Crippen LogP contribution in [0.1, 0.15) is 13.8 Å². The first-order valence-electron chi connectivity index (χ1n) is 3.46. The summed E-state index contributed by atoms with van der Waals surface area (Å²) in [6.07, 6.45) is 0.253. The van der Waals surface area contributed by atoms with Crippen LogP contribution in [0.15, 0.2) is 5.29 Å². The molecule has 4 heteroatoms. The summed E-state index contributed by atoms with van der Waals surface area (Å²) in [7, 11) is 0. The molecule has 1 aliphatic heterocycles. The molecule has 4 nitrogen and oxygen atoms in total. The quantitative estimate of drug-likeness (QED) is 0.510. The van der Waals surface area contributed by atoms with Gasteiger partial charge in [0.2, 0.25) is 0 Å². The summed E-state index contributed by atoms with van der Waals surface area (Å²) in [6.45, 7) is 5.11. The maximum atomic E-state index is 10.1. The van der Waals surface area contributed by atoms with Crippen LogP contribution in [0.4, 0.5) is 0 Å². The van der Waals surface area contributed by atoms with Crippen LogP contribution in [-0.4, -0.2) is 30.3 Å². The van der Waals surface area contributed by atoms with Crippen molar-refractivity contribution in [2.75, 3.05) is 13.1 Å². The molecule has 1 saturated heterocycles. The first kappa shape index (κ1) is 7.47. The summed E-state index contributed by atoms with van der Waals surface area (Å²) in [6, 6.07) is 0. The van der Waals surface area contributed by atoms with Gasteiger partial charge in [0.1, 0.15) is 0 Å². The molecule has 0 amide bonds. The molecule has 0 aromatic rings. The molecule has 0 aromatic carbocycles. The normalized spacial score (nSPS) is 34.0. The number of nitroso groups, excluding NO2 is 1. The summed E-state index contributed by atoms with van der Waals surface area (Å²) >= 11 is 0. The van der Waals surface area contributed by atoms with Crippen LogP contribution >= 0.6 is 0 Å². The minimum atomic E-state index is 0.126. The van der Waals surface area contributed by atoms with Gasteiger partial charge in [-0.3, -0.25) is 5.01 Å². The largest absolute Gasteiger partial charge is 0.372 e. The van der Waals surface area contributed by atoms with Gasteiger partial charge in [0.05, 0.1) is 30.6 Å². The fourth-order valence-electron chi connectivity index (χ4n) is 1.22. The van der Waals surface area contributed by atoms with Crippen molar-refractivity contribution in [1.29, 1.82) is 0 Å². The SMILES string of the molecule is C[C@H]1CN(N=O)C[C@H](C)O1. The highest BCUT2D eigenvalue weighted by atomic mass is 16.5. The van der Waals surface area contributed by atoms with E-state index in [1.54, 1.807) is 0 Å². The van der Waals surface area contributed by atoms with Gasteiger partial charge in [-0.15, -0.1) is 4.91 Å². The Morgan fingerprint density at radius 1 is 1.40 bits per heavy atom. The third-order valence-electron chi connectivity index (χ3n) is 1.52. The van der Waals surface area contributed by atoms with Gasteiger partial charge in [0.25, 0.3) is 0 Å². The first-order chi connectivity index (χ1) is 4.72. The molecule has 2 atom stereocenters. The lowest BCUT2D eigenvalue weighted by atomic mass is 10.3. The molecule has 0 unspecified atom stereocenters. The average Bonchev–Trinajstić information content (AvgIpc) is 1.85. The molecule has 0 saturated carbocycles. The van der Waals surface area contributed by atoms with E-state index >= 15 is 0 Å². The molecule has 0 bridgehead atoms. The Bertz CT molecular complexity index is 119. The first-order valence-corrected chi connectivity index (χ1v) is 3.46. The lowest BCUT2D eigenvalue weighted by Crippen LogP contribution is -2.42. The van der Waals surface area contributed by atoms with Crippen molar-refractivity contribution < 1.29 is 4.74 Å². The van der Waals surface area contributed by atoms with E-state index in [2.05, 4.69) is 5.29 Å². The van der Waals surface area contributed by atoms with Crippen molar-refractivity contribution in [3.8, 4) is 0 Å². The molecular weight excluding hydrogens is 132 g/mol. The minimum absolute atomic E-state index is 0.126. The van der Waals surface area contributed by atoms with Crippen molar-refractivity contribution >= 4 is 0 Å². The molecule has 1 fully saturated rings. The van der Waals surface area contributed by atoms with E-state index in [0.717, 1.165) is 0 Å². The molecule has 0 radical (unpaired) electrons. The Labute approximate surface area is 60.1 Å². The maximum absolute atomic E-state index is 10.1. The fourth-order valence-corrected chi connectivity index (χ4v) is 1.22. The maximum Gasteiger partial charge on any atom is 0.0744 e. The zero-order valence-electron chi connectivity index (χ0n) is 6.28. The second-order valence-electron chi connectivity index (χ2n) is 2.71. The summed E-state index contributed by atoms with van der Waals surface area (Å²) in [5, 5.41) is 4.35. The third-order valence-corrected chi connectivity index (χ3v) is 1.52. The van der Waals surface area contributed by atoms with Gasteiger partial charge in [0.15, 0.2) is 0 Å². The number of nitrogens with zero attached hydrogens (tertiary/aromatic N) is 2. The molecule has 0 aliphatic carbocycles. The van der Waals surface area contributed by atoms with Crippen LogP contribution in [0.3, 0.4) is 0 Å².